The van der Waals surface area contributed by atoms with Crippen LogP contribution < -0.4 is 10.6 Å². The summed E-state index contributed by atoms with van der Waals surface area (Å²) in [6.07, 6.45) is 5.41. The minimum atomic E-state index is -1.75. The molecule has 7 heteroatoms. The number of anilines is 1. The highest BCUT2D eigenvalue weighted by molar-refractivity contribution is 6.18. The molecular weight excluding hydrogens is 334 g/mol. The van der Waals surface area contributed by atoms with Crippen molar-refractivity contribution in [3.63, 3.8) is 0 Å². The molecule has 1 atom stereocenters. The Labute approximate surface area is 150 Å². The Morgan fingerprint density at radius 1 is 1.46 bits per heavy atom. The van der Waals surface area contributed by atoms with E-state index in [-0.39, 0.29) is 29.3 Å². The zero-order valence-corrected chi connectivity index (χ0v) is 14.2. The summed E-state index contributed by atoms with van der Waals surface area (Å²) in [4.78, 5) is 27.4. The van der Waals surface area contributed by atoms with Crippen molar-refractivity contribution < 1.29 is 19.1 Å². The number of ether oxygens (including phenoxy) is 2. The third kappa shape index (κ3) is 1.95. The van der Waals surface area contributed by atoms with Crippen LogP contribution in [-0.2, 0) is 24.5 Å². The van der Waals surface area contributed by atoms with Gasteiger partial charge >= 0.3 is 5.97 Å². The average molecular weight is 349 g/mol. The Balaban J connectivity index is 2.46. The number of hydrogen-bond donors (Lipinski definition) is 1. The molecule has 2 N–H and O–H groups in total. The van der Waals surface area contributed by atoms with Gasteiger partial charge in [-0.1, -0.05) is 24.1 Å². The van der Waals surface area contributed by atoms with Gasteiger partial charge in [-0.15, -0.1) is 6.42 Å². The number of para-hydroxylation sites is 1. The molecule has 26 heavy (non-hydrogen) atoms. The van der Waals surface area contributed by atoms with E-state index < -0.39 is 17.3 Å². The molecule has 0 bridgehead atoms. The summed E-state index contributed by atoms with van der Waals surface area (Å²) < 4.78 is 10.2. The average Bonchev–Trinajstić information content (AvgIpc) is 2.86. The fraction of sp³-hybridized carbons (Fsp3) is 0.211. The van der Waals surface area contributed by atoms with Crippen LogP contribution in [-0.4, -0.2) is 25.5 Å². The smallest absolute Gasteiger partial charge is 0.339 e. The van der Waals surface area contributed by atoms with E-state index in [0.717, 1.165) is 0 Å². The van der Waals surface area contributed by atoms with Crippen LogP contribution in [0.4, 0.5) is 5.69 Å². The van der Waals surface area contributed by atoms with Gasteiger partial charge in [0, 0.05) is 11.3 Å². The molecular formula is C19H15N3O4. The molecule has 0 fully saturated rings. The summed E-state index contributed by atoms with van der Waals surface area (Å²) in [7, 11) is 1.19. The molecule has 0 saturated heterocycles. The van der Waals surface area contributed by atoms with E-state index in [2.05, 4.69) is 5.92 Å². The number of nitrogens with zero attached hydrogens (tertiary/aromatic N) is 2. The molecule has 0 saturated carbocycles. The van der Waals surface area contributed by atoms with Gasteiger partial charge in [0.25, 0.3) is 0 Å². The summed E-state index contributed by atoms with van der Waals surface area (Å²) in [5, 5.41) is 9.75. The monoisotopic (exact) mass is 349 g/mol. The van der Waals surface area contributed by atoms with Gasteiger partial charge in [0.1, 0.15) is 23.0 Å². The molecule has 1 aromatic carbocycles. The second-order valence-corrected chi connectivity index (χ2v) is 5.74. The summed E-state index contributed by atoms with van der Waals surface area (Å²) in [6, 6.07) is 8.74. The van der Waals surface area contributed by atoms with Gasteiger partial charge in [-0.25, -0.2) is 4.79 Å². The number of fused-ring (bicyclic) bond motifs is 2. The molecule has 2 aliphatic heterocycles. The molecule has 2 aliphatic rings. The summed E-state index contributed by atoms with van der Waals surface area (Å²) in [5.74, 6) is 0.965. The predicted octanol–water partition coefficient (Wildman–Crippen LogP) is 1.08. The number of nitrogens with two attached hydrogens (primary N) is 1. The Morgan fingerprint density at radius 2 is 2.15 bits per heavy atom. The van der Waals surface area contributed by atoms with E-state index in [1.165, 1.54) is 18.9 Å². The fourth-order valence-electron chi connectivity index (χ4n) is 3.56. The lowest BCUT2D eigenvalue weighted by molar-refractivity contribution is -0.138. The first kappa shape index (κ1) is 17.1. The van der Waals surface area contributed by atoms with E-state index in [1.54, 1.807) is 24.3 Å². The molecule has 2 heterocycles. The largest absolute Gasteiger partial charge is 0.466 e. The van der Waals surface area contributed by atoms with Crippen LogP contribution in [0.25, 0.3) is 0 Å². The van der Waals surface area contributed by atoms with Crippen molar-refractivity contribution in [2.75, 3.05) is 18.6 Å². The van der Waals surface area contributed by atoms with Crippen molar-refractivity contribution in [3.05, 3.63) is 52.6 Å². The van der Waals surface area contributed by atoms with Crippen LogP contribution in [0.3, 0.4) is 0 Å². The number of nitriles is 1. The minimum absolute atomic E-state index is 0.0232. The number of methoxy groups -OCH3 is 1. The van der Waals surface area contributed by atoms with Gasteiger partial charge in [-0.05, 0) is 13.0 Å². The Morgan fingerprint density at radius 3 is 2.77 bits per heavy atom. The number of benzene rings is 1. The second-order valence-electron chi connectivity index (χ2n) is 5.74. The highest BCUT2D eigenvalue weighted by Gasteiger charge is 2.61. The number of rotatable bonds is 2. The van der Waals surface area contributed by atoms with Gasteiger partial charge in [0.15, 0.2) is 5.41 Å². The summed E-state index contributed by atoms with van der Waals surface area (Å²) in [5.41, 5.74) is 4.86. The van der Waals surface area contributed by atoms with E-state index in [9.17, 15) is 14.9 Å². The molecule has 3 rings (SSSR count). The lowest BCUT2D eigenvalue weighted by Gasteiger charge is -2.34. The number of amides is 1. The highest BCUT2D eigenvalue weighted by atomic mass is 16.5. The predicted molar refractivity (Wildman–Crippen MR) is 91.9 cm³/mol. The maximum Gasteiger partial charge on any atom is 0.339 e. The van der Waals surface area contributed by atoms with Crippen LogP contribution in [0.1, 0.15) is 12.5 Å². The minimum Gasteiger partial charge on any atom is -0.466 e. The number of hydrogen-bond acceptors (Lipinski definition) is 6. The van der Waals surface area contributed by atoms with Crippen molar-refractivity contribution >= 4 is 17.6 Å². The molecule has 7 nitrogen and oxygen atoms in total. The van der Waals surface area contributed by atoms with Crippen molar-refractivity contribution in [1.29, 1.82) is 5.26 Å². The summed E-state index contributed by atoms with van der Waals surface area (Å²) in [6.45, 7) is 1.47. The van der Waals surface area contributed by atoms with E-state index >= 15 is 0 Å². The second kappa shape index (κ2) is 5.98. The molecule has 0 aromatic heterocycles. The maximum absolute atomic E-state index is 13.5. The van der Waals surface area contributed by atoms with Crippen LogP contribution in [0.15, 0.2) is 47.1 Å². The third-order valence-corrected chi connectivity index (χ3v) is 4.53. The third-order valence-electron chi connectivity index (χ3n) is 4.53. The quantitative estimate of drug-likeness (QED) is 0.632. The topological polar surface area (TPSA) is 106 Å². The number of terminal acetylenes is 1. The molecule has 0 aliphatic carbocycles. The molecule has 0 unspecified atom stereocenters. The van der Waals surface area contributed by atoms with E-state index in [4.69, 9.17) is 21.6 Å². The first-order valence-electron chi connectivity index (χ1n) is 7.67. The van der Waals surface area contributed by atoms with Crippen molar-refractivity contribution in [3.8, 4) is 18.4 Å². The van der Waals surface area contributed by atoms with Crippen LogP contribution in [0, 0.1) is 23.7 Å². The highest BCUT2D eigenvalue weighted by Crippen LogP contribution is 2.53. The number of carbonyl (C=O) groups excluding carboxylic acids is 2. The lowest BCUT2D eigenvalue weighted by atomic mass is 9.68. The lowest BCUT2D eigenvalue weighted by Crippen LogP contribution is -2.48. The Bertz CT molecular complexity index is 977. The molecule has 1 aromatic rings. The SMILES string of the molecule is C#CCN1C(=O)[C@]2(C(C#N)=C(N)OC(C)=C2C(=O)OC)c2ccccc21. The molecule has 130 valence electrons. The van der Waals surface area contributed by atoms with Crippen molar-refractivity contribution in [2.45, 2.75) is 12.3 Å². The first-order valence-corrected chi connectivity index (χ1v) is 7.67. The standard InChI is InChI=1S/C19H15N3O4/c1-4-9-22-14-8-6-5-7-12(14)19(18(22)24)13(10-20)16(21)26-11(2)15(19)17(23)25-3/h1,5-8H,9,21H2,2-3H3/t19-/m0/s1. The van der Waals surface area contributed by atoms with Gasteiger partial charge in [0.05, 0.1) is 13.7 Å². The number of allylic oxidation sites excluding steroid dienone is 1. The zero-order valence-electron chi connectivity index (χ0n) is 14.2. The van der Waals surface area contributed by atoms with Crippen LogP contribution >= 0.6 is 0 Å². The molecule has 1 spiro atoms. The van der Waals surface area contributed by atoms with Gasteiger partial charge in [-0.3, -0.25) is 9.69 Å². The number of esters is 1. The zero-order chi connectivity index (χ0) is 19.1. The summed E-state index contributed by atoms with van der Waals surface area (Å²) >= 11 is 0. The first-order chi connectivity index (χ1) is 12.4. The van der Waals surface area contributed by atoms with Crippen LogP contribution in [0.2, 0.25) is 0 Å². The van der Waals surface area contributed by atoms with E-state index in [0.29, 0.717) is 11.3 Å². The van der Waals surface area contributed by atoms with Gasteiger partial charge in [0.2, 0.25) is 11.8 Å². The van der Waals surface area contributed by atoms with Gasteiger partial charge < -0.3 is 15.2 Å². The Hall–Kier alpha value is -3.71. The van der Waals surface area contributed by atoms with Crippen molar-refractivity contribution in [1.82, 2.24) is 0 Å². The Kier molecular flexibility index (Phi) is 3.94. The van der Waals surface area contributed by atoms with E-state index in [1.807, 2.05) is 6.07 Å². The normalized spacial score (nSPS) is 21.2. The van der Waals surface area contributed by atoms with Gasteiger partial charge in [-0.2, -0.15) is 5.26 Å². The number of carbonyl (C=O) groups is 2. The van der Waals surface area contributed by atoms with Crippen LogP contribution in [0.5, 0.6) is 0 Å². The molecule has 0 radical (unpaired) electrons. The molecule has 1 amide bonds. The van der Waals surface area contributed by atoms with Crippen molar-refractivity contribution in [2.24, 2.45) is 5.73 Å². The fourth-order valence-corrected chi connectivity index (χ4v) is 3.56. The maximum atomic E-state index is 13.5.